The Morgan fingerprint density at radius 2 is 2.19 bits per heavy atom. The molecule has 1 aliphatic carbocycles. The van der Waals surface area contributed by atoms with Gasteiger partial charge in [-0.1, -0.05) is 38.3 Å². The van der Waals surface area contributed by atoms with Crippen molar-refractivity contribution >= 4 is 11.6 Å². The van der Waals surface area contributed by atoms with E-state index in [2.05, 4.69) is 35.1 Å². The third kappa shape index (κ3) is 3.25. The van der Waals surface area contributed by atoms with Gasteiger partial charge in [0.05, 0.1) is 5.02 Å². The van der Waals surface area contributed by atoms with Crippen molar-refractivity contribution in [3.05, 3.63) is 29.0 Å². The van der Waals surface area contributed by atoms with Gasteiger partial charge in [-0.05, 0) is 30.4 Å². The number of nitrogens with one attached hydrogen (secondary N) is 1. The maximum absolute atomic E-state index is 6.32. The zero-order valence-corrected chi connectivity index (χ0v) is 13.9. The van der Waals surface area contributed by atoms with Crippen molar-refractivity contribution < 1.29 is 0 Å². The number of rotatable bonds is 3. The second kappa shape index (κ2) is 6.23. The minimum atomic E-state index is 0.352. The molecular weight excluding hydrogens is 282 g/mol. The van der Waals surface area contributed by atoms with Gasteiger partial charge in [0.2, 0.25) is 0 Å². The molecule has 1 aliphatic heterocycles. The molecule has 3 rings (SSSR count). The maximum atomic E-state index is 6.32. The summed E-state index contributed by atoms with van der Waals surface area (Å²) < 4.78 is 0. The van der Waals surface area contributed by atoms with E-state index in [0.29, 0.717) is 17.5 Å². The number of piperazine rings is 1. The molecule has 1 N–H and O–H groups in total. The molecule has 2 heterocycles. The molecule has 3 nitrogen and oxygen atoms in total. The lowest BCUT2D eigenvalue weighted by molar-refractivity contribution is 0.0507. The quantitative estimate of drug-likeness (QED) is 0.926. The van der Waals surface area contributed by atoms with E-state index in [4.69, 9.17) is 11.6 Å². The van der Waals surface area contributed by atoms with E-state index >= 15 is 0 Å². The van der Waals surface area contributed by atoms with Gasteiger partial charge in [0.1, 0.15) is 0 Å². The molecule has 4 heteroatoms. The Balaban J connectivity index is 1.79. The normalized spacial score (nSPS) is 25.8. The van der Waals surface area contributed by atoms with Crippen LogP contribution < -0.4 is 5.32 Å². The Hall–Kier alpha value is -0.640. The van der Waals surface area contributed by atoms with Crippen molar-refractivity contribution in [1.82, 2.24) is 15.2 Å². The van der Waals surface area contributed by atoms with Gasteiger partial charge in [-0.2, -0.15) is 0 Å². The predicted octanol–water partition coefficient (Wildman–Crippen LogP) is 3.48. The van der Waals surface area contributed by atoms with Crippen LogP contribution in [0.3, 0.4) is 0 Å². The van der Waals surface area contributed by atoms with Gasteiger partial charge in [-0.3, -0.25) is 9.88 Å². The summed E-state index contributed by atoms with van der Waals surface area (Å²) in [7, 11) is 0. The molecule has 1 saturated carbocycles. The van der Waals surface area contributed by atoms with Crippen molar-refractivity contribution in [2.45, 2.75) is 57.7 Å². The highest BCUT2D eigenvalue weighted by molar-refractivity contribution is 6.31. The molecule has 0 radical (unpaired) electrons. The van der Waals surface area contributed by atoms with Crippen LogP contribution >= 0.6 is 11.6 Å². The summed E-state index contributed by atoms with van der Waals surface area (Å²) in [6.07, 6.45) is 8.97. The Morgan fingerprint density at radius 3 is 2.86 bits per heavy atom. The van der Waals surface area contributed by atoms with E-state index < -0.39 is 0 Å². The average molecular weight is 308 g/mol. The molecule has 0 aromatic carbocycles. The van der Waals surface area contributed by atoms with Gasteiger partial charge in [0, 0.05) is 43.6 Å². The van der Waals surface area contributed by atoms with E-state index in [1.807, 2.05) is 6.20 Å². The van der Waals surface area contributed by atoms with E-state index in [1.54, 1.807) is 6.20 Å². The fourth-order valence-corrected chi connectivity index (χ4v) is 4.16. The highest BCUT2D eigenvalue weighted by atomic mass is 35.5. The topological polar surface area (TPSA) is 28.2 Å². The summed E-state index contributed by atoms with van der Waals surface area (Å²) in [5.74, 6) is 0.650. The zero-order chi connectivity index (χ0) is 14.9. The Morgan fingerprint density at radius 1 is 1.43 bits per heavy atom. The van der Waals surface area contributed by atoms with Crippen LogP contribution in [0.1, 0.15) is 45.1 Å². The Kier molecular flexibility index (Phi) is 4.53. The van der Waals surface area contributed by atoms with E-state index in [0.717, 1.165) is 24.7 Å². The van der Waals surface area contributed by atoms with Crippen LogP contribution in [0, 0.1) is 5.92 Å². The number of aromatic nitrogens is 1. The molecule has 1 atom stereocenters. The zero-order valence-electron chi connectivity index (χ0n) is 13.1. The van der Waals surface area contributed by atoms with Crippen LogP contribution in [0.2, 0.25) is 5.02 Å². The van der Waals surface area contributed by atoms with Crippen molar-refractivity contribution in [3.8, 4) is 0 Å². The summed E-state index contributed by atoms with van der Waals surface area (Å²) >= 11 is 6.32. The molecule has 1 spiro atoms. The second-order valence-corrected chi connectivity index (χ2v) is 7.46. The van der Waals surface area contributed by atoms with Gasteiger partial charge in [-0.25, -0.2) is 0 Å². The molecule has 1 unspecified atom stereocenters. The first-order valence-electron chi connectivity index (χ1n) is 8.17. The SMILES string of the molecule is CC(C)C1CNC2(CCCC2)CN1Cc1ccncc1Cl. The number of pyridine rings is 1. The van der Waals surface area contributed by atoms with E-state index in [-0.39, 0.29) is 0 Å². The molecular formula is C17H26ClN3. The first-order valence-corrected chi connectivity index (χ1v) is 8.55. The minimum absolute atomic E-state index is 0.352. The van der Waals surface area contributed by atoms with Gasteiger partial charge in [0.25, 0.3) is 0 Å². The third-order valence-electron chi connectivity index (χ3n) is 5.22. The largest absolute Gasteiger partial charge is 0.308 e. The molecule has 116 valence electrons. The fourth-order valence-electron chi connectivity index (χ4n) is 3.98. The first-order chi connectivity index (χ1) is 10.1. The monoisotopic (exact) mass is 307 g/mol. The number of nitrogens with zero attached hydrogens (tertiary/aromatic N) is 2. The van der Waals surface area contributed by atoms with Crippen molar-refractivity contribution in [3.63, 3.8) is 0 Å². The molecule has 2 fully saturated rings. The minimum Gasteiger partial charge on any atom is -0.308 e. The lowest BCUT2D eigenvalue weighted by Crippen LogP contribution is -2.64. The van der Waals surface area contributed by atoms with Crippen LogP contribution in [-0.2, 0) is 6.54 Å². The lowest BCUT2D eigenvalue weighted by Gasteiger charge is -2.48. The molecule has 1 saturated heterocycles. The van der Waals surface area contributed by atoms with Gasteiger partial charge >= 0.3 is 0 Å². The molecule has 1 aromatic rings. The van der Waals surface area contributed by atoms with Crippen LogP contribution in [0.15, 0.2) is 18.5 Å². The number of halogens is 1. The molecule has 21 heavy (non-hydrogen) atoms. The van der Waals surface area contributed by atoms with Crippen molar-refractivity contribution in [1.29, 1.82) is 0 Å². The highest BCUT2D eigenvalue weighted by Crippen LogP contribution is 2.35. The van der Waals surface area contributed by atoms with E-state index in [9.17, 15) is 0 Å². The van der Waals surface area contributed by atoms with Crippen LogP contribution in [-0.4, -0.2) is 34.6 Å². The van der Waals surface area contributed by atoms with Crippen LogP contribution in [0.5, 0.6) is 0 Å². The predicted molar refractivity (Wildman–Crippen MR) is 87.5 cm³/mol. The van der Waals surface area contributed by atoms with Crippen LogP contribution in [0.25, 0.3) is 0 Å². The summed E-state index contributed by atoms with van der Waals surface area (Å²) in [5.41, 5.74) is 1.55. The van der Waals surface area contributed by atoms with Gasteiger partial charge in [-0.15, -0.1) is 0 Å². The maximum Gasteiger partial charge on any atom is 0.0634 e. The summed E-state index contributed by atoms with van der Waals surface area (Å²) in [6, 6.07) is 2.64. The lowest BCUT2D eigenvalue weighted by atomic mass is 9.89. The average Bonchev–Trinajstić information content (AvgIpc) is 2.89. The Labute approximate surface area is 133 Å². The number of hydrogen-bond donors (Lipinski definition) is 1. The van der Waals surface area contributed by atoms with Crippen LogP contribution in [0.4, 0.5) is 0 Å². The second-order valence-electron chi connectivity index (χ2n) is 7.05. The molecule has 2 aliphatic rings. The summed E-state index contributed by atoms with van der Waals surface area (Å²) in [6.45, 7) is 7.82. The fraction of sp³-hybridized carbons (Fsp3) is 0.706. The summed E-state index contributed by atoms with van der Waals surface area (Å²) in [4.78, 5) is 6.75. The van der Waals surface area contributed by atoms with Crippen molar-refractivity contribution in [2.75, 3.05) is 13.1 Å². The van der Waals surface area contributed by atoms with E-state index in [1.165, 1.54) is 31.2 Å². The highest BCUT2D eigenvalue weighted by Gasteiger charge is 2.41. The summed E-state index contributed by atoms with van der Waals surface area (Å²) in [5, 5.41) is 4.66. The Bertz CT molecular complexity index is 483. The van der Waals surface area contributed by atoms with Gasteiger partial charge in [0.15, 0.2) is 0 Å². The van der Waals surface area contributed by atoms with Gasteiger partial charge < -0.3 is 5.32 Å². The number of hydrogen-bond acceptors (Lipinski definition) is 3. The molecule has 1 aromatic heterocycles. The first kappa shape index (κ1) is 15.3. The standard InChI is InChI=1S/C17H26ClN3/c1-13(2)16-10-20-17(6-3-4-7-17)12-21(16)11-14-5-8-19-9-15(14)18/h5,8-9,13,16,20H,3-4,6-7,10-12H2,1-2H3. The smallest absolute Gasteiger partial charge is 0.0634 e. The molecule has 0 bridgehead atoms. The van der Waals surface area contributed by atoms with Crippen molar-refractivity contribution in [2.24, 2.45) is 5.92 Å². The third-order valence-corrected chi connectivity index (χ3v) is 5.56. The molecule has 0 amide bonds.